The van der Waals surface area contributed by atoms with E-state index >= 15 is 0 Å². The highest BCUT2D eigenvalue weighted by molar-refractivity contribution is 5.40. The molecule has 0 amide bonds. The molecule has 1 N–H and O–H groups in total. The number of hydrogen-bond donors (Lipinski definition) is 1. The lowest BCUT2D eigenvalue weighted by atomic mass is 10.1. The van der Waals surface area contributed by atoms with Crippen molar-refractivity contribution in [1.29, 1.82) is 0 Å². The van der Waals surface area contributed by atoms with Gasteiger partial charge >= 0.3 is 0 Å². The second-order valence-electron chi connectivity index (χ2n) is 5.79. The van der Waals surface area contributed by atoms with Gasteiger partial charge in [0.2, 0.25) is 5.95 Å². The average Bonchev–Trinajstić information content (AvgIpc) is 3.00. The second kappa shape index (κ2) is 4.12. The predicted octanol–water partition coefficient (Wildman–Crippen LogP) is 3.30. The van der Waals surface area contributed by atoms with E-state index in [4.69, 9.17) is 0 Å². The predicted molar refractivity (Wildman–Crippen MR) is 76.5 cm³/mol. The minimum absolute atomic E-state index is 0.457. The molecule has 0 radical (unpaired) electrons. The molecule has 0 saturated heterocycles. The zero-order valence-electron chi connectivity index (χ0n) is 11.3. The summed E-state index contributed by atoms with van der Waals surface area (Å²) < 4.78 is 2.35. The quantitative estimate of drug-likeness (QED) is 0.909. The molecule has 1 aromatic heterocycles. The first-order valence-electron chi connectivity index (χ1n) is 7.21. The van der Waals surface area contributed by atoms with E-state index in [2.05, 4.69) is 52.3 Å². The van der Waals surface area contributed by atoms with Gasteiger partial charge in [0.1, 0.15) is 0 Å². The van der Waals surface area contributed by atoms with Crippen LogP contribution in [0.4, 0.5) is 5.95 Å². The third kappa shape index (κ3) is 1.93. The molecule has 2 aromatic rings. The summed E-state index contributed by atoms with van der Waals surface area (Å²) in [6.45, 7) is 2.08. The van der Waals surface area contributed by atoms with Crippen LogP contribution in [0.2, 0.25) is 0 Å². The van der Waals surface area contributed by atoms with E-state index in [1.165, 1.54) is 36.8 Å². The Morgan fingerprint density at radius 2 is 2.05 bits per heavy atom. The molecule has 98 valence electrons. The fourth-order valence-electron chi connectivity index (χ4n) is 3.09. The van der Waals surface area contributed by atoms with E-state index in [-0.39, 0.29) is 0 Å². The van der Waals surface area contributed by atoms with Crippen LogP contribution < -0.4 is 5.32 Å². The fraction of sp³-hybridized carbons (Fsp3) is 0.438. The molecule has 19 heavy (non-hydrogen) atoms. The first-order chi connectivity index (χ1) is 9.31. The average molecular weight is 253 g/mol. The smallest absolute Gasteiger partial charge is 0.203 e. The van der Waals surface area contributed by atoms with Gasteiger partial charge < -0.3 is 9.88 Å². The SMILES string of the molecule is Cc1cn(C2CCc3ccccc32)c(NC2CC2)n1. The molecule has 1 saturated carbocycles. The molecular formula is C16H19N3. The lowest BCUT2D eigenvalue weighted by molar-refractivity contribution is 0.583. The molecule has 1 atom stereocenters. The van der Waals surface area contributed by atoms with Gasteiger partial charge in [0.15, 0.2) is 0 Å². The molecule has 3 nitrogen and oxygen atoms in total. The van der Waals surface area contributed by atoms with E-state index in [9.17, 15) is 0 Å². The van der Waals surface area contributed by atoms with Crippen molar-refractivity contribution in [3.05, 3.63) is 47.3 Å². The highest BCUT2D eigenvalue weighted by Crippen LogP contribution is 2.37. The third-order valence-electron chi connectivity index (χ3n) is 4.20. The Morgan fingerprint density at radius 1 is 1.21 bits per heavy atom. The first kappa shape index (κ1) is 11.1. The van der Waals surface area contributed by atoms with E-state index in [1.807, 2.05) is 0 Å². The van der Waals surface area contributed by atoms with Crippen molar-refractivity contribution in [3.63, 3.8) is 0 Å². The van der Waals surface area contributed by atoms with Crippen molar-refractivity contribution in [3.8, 4) is 0 Å². The largest absolute Gasteiger partial charge is 0.353 e. The Hall–Kier alpha value is -1.77. The van der Waals surface area contributed by atoms with Crippen molar-refractivity contribution in [1.82, 2.24) is 9.55 Å². The van der Waals surface area contributed by atoms with Gasteiger partial charge in [-0.1, -0.05) is 24.3 Å². The highest BCUT2D eigenvalue weighted by Gasteiger charge is 2.28. The van der Waals surface area contributed by atoms with Gasteiger partial charge in [-0.05, 0) is 43.7 Å². The molecule has 3 heteroatoms. The van der Waals surface area contributed by atoms with Gasteiger partial charge in [-0.15, -0.1) is 0 Å². The number of benzene rings is 1. The van der Waals surface area contributed by atoms with Crippen LogP contribution in [0.3, 0.4) is 0 Å². The Labute approximate surface area is 113 Å². The summed E-state index contributed by atoms with van der Waals surface area (Å²) in [5, 5.41) is 3.56. The normalized spacial score (nSPS) is 21.4. The van der Waals surface area contributed by atoms with Gasteiger partial charge in [0.05, 0.1) is 11.7 Å². The summed E-state index contributed by atoms with van der Waals surface area (Å²) in [6.07, 6.45) is 7.13. The molecule has 1 unspecified atom stereocenters. The van der Waals surface area contributed by atoms with E-state index in [0.29, 0.717) is 12.1 Å². The minimum Gasteiger partial charge on any atom is -0.353 e. The monoisotopic (exact) mass is 253 g/mol. The van der Waals surface area contributed by atoms with Crippen LogP contribution in [-0.4, -0.2) is 15.6 Å². The maximum absolute atomic E-state index is 4.66. The maximum Gasteiger partial charge on any atom is 0.203 e. The zero-order chi connectivity index (χ0) is 12.8. The number of hydrogen-bond acceptors (Lipinski definition) is 2. The van der Waals surface area contributed by atoms with Crippen LogP contribution in [0, 0.1) is 6.92 Å². The fourth-order valence-corrected chi connectivity index (χ4v) is 3.09. The van der Waals surface area contributed by atoms with Gasteiger partial charge in [-0.25, -0.2) is 4.98 Å². The van der Waals surface area contributed by atoms with Crippen LogP contribution >= 0.6 is 0 Å². The maximum atomic E-state index is 4.66. The van der Waals surface area contributed by atoms with Gasteiger partial charge in [-0.3, -0.25) is 0 Å². The first-order valence-corrected chi connectivity index (χ1v) is 7.21. The Kier molecular flexibility index (Phi) is 2.40. The summed E-state index contributed by atoms with van der Waals surface area (Å²) in [7, 11) is 0. The van der Waals surface area contributed by atoms with E-state index in [1.54, 1.807) is 0 Å². The number of imidazole rings is 1. The number of nitrogens with zero attached hydrogens (tertiary/aromatic N) is 2. The van der Waals surface area contributed by atoms with Gasteiger partial charge in [-0.2, -0.15) is 0 Å². The molecule has 1 heterocycles. The number of rotatable bonds is 3. The number of fused-ring (bicyclic) bond motifs is 1. The van der Waals surface area contributed by atoms with Crippen LogP contribution in [0.15, 0.2) is 30.5 Å². The van der Waals surface area contributed by atoms with Crippen molar-refractivity contribution in [2.75, 3.05) is 5.32 Å². The standard InChI is InChI=1S/C16H19N3/c1-11-10-19(16(17-11)18-13-7-8-13)15-9-6-12-4-2-3-5-14(12)15/h2-5,10,13,15H,6-9H2,1H3,(H,17,18). The van der Waals surface area contributed by atoms with Crippen molar-refractivity contribution in [2.24, 2.45) is 0 Å². The molecular weight excluding hydrogens is 234 g/mol. The summed E-state index contributed by atoms with van der Waals surface area (Å²) in [5.74, 6) is 1.06. The molecule has 1 fully saturated rings. The Bertz CT molecular complexity index is 610. The minimum atomic E-state index is 0.457. The summed E-state index contributed by atoms with van der Waals surface area (Å²) in [4.78, 5) is 4.66. The number of aromatic nitrogens is 2. The van der Waals surface area contributed by atoms with Crippen LogP contribution in [0.5, 0.6) is 0 Å². The Morgan fingerprint density at radius 3 is 2.89 bits per heavy atom. The number of nitrogens with one attached hydrogen (secondary N) is 1. The van der Waals surface area contributed by atoms with Gasteiger partial charge in [0, 0.05) is 12.2 Å². The molecule has 1 aromatic carbocycles. The lowest BCUT2D eigenvalue weighted by Gasteiger charge is -2.17. The van der Waals surface area contributed by atoms with Crippen molar-refractivity contribution < 1.29 is 0 Å². The second-order valence-corrected chi connectivity index (χ2v) is 5.79. The molecule has 0 bridgehead atoms. The number of anilines is 1. The van der Waals surface area contributed by atoms with Crippen LogP contribution in [-0.2, 0) is 6.42 Å². The number of aryl methyl sites for hydroxylation is 2. The third-order valence-corrected chi connectivity index (χ3v) is 4.20. The molecule has 2 aliphatic rings. The molecule has 4 rings (SSSR count). The van der Waals surface area contributed by atoms with Crippen molar-refractivity contribution in [2.45, 2.75) is 44.7 Å². The highest BCUT2D eigenvalue weighted by atomic mass is 15.2. The van der Waals surface area contributed by atoms with Crippen LogP contribution in [0.25, 0.3) is 0 Å². The topological polar surface area (TPSA) is 29.9 Å². The van der Waals surface area contributed by atoms with Crippen molar-refractivity contribution >= 4 is 5.95 Å². The summed E-state index contributed by atoms with van der Waals surface area (Å²) in [5.41, 5.74) is 4.07. The van der Waals surface area contributed by atoms with Crippen LogP contribution in [0.1, 0.15) is 42.1 Å². The van der Waals surface area contributed by atoms with E-state index < -0.39 is 0 Å². The molecule has 2 aliphatic carbocycles. The Balaban J connectivity index is 1.72. The zero-order valence-corrected chi connectivity index (χ0v) is 11.3. The summed E-state index contributed by atoms with van der Waals surface area (Å²) >= 11 is 0. The van der Waals surface area contributed by atoms with E-state index in [0.717, 1.165) is 11.6 Å². The van der Waals surface area contributed by atoms with Gasteiger partial charge in [0.25, 0.3) is 0 Å². The molecule has 0 aliphatic heterocycles. The lowest BCUT2D eigenvalue weighted by Crippen LogP contribution is -2.13. The summed E-state index contributed by atoms with van der Waals surface area (Å²) in [6, 6.07) is 9.92. The molecule has 0 spiro atoms.